The van der Waals surface area contributed by atoms with Crippen LogP contribution in [-0.4, -0.2) is 26.0 Å². The van der Waals surface area contributed by atoms with Gasteiger partial charge in [-0.1, -0.05) is 0 Å². The molecule has 1 aliphatic rings. The van der Waals surface area contributed by atoms with Gasteiger partial charge in [0.25, 0.3) is 0 Å². The summed E-state index contributed by atoms with van der Waals surface area (Å²) in [6, 6.07) is 0. The van der Waals surface area contributed by atoms with Crippen molar-refractivity contribution in [2.45, 2.75) is 0 Å². The summed E-state index contributed by atoms with van der Waals surface area (Å²) in [7, 11) is 0. The van der Waals surface area contributed by atoms with Gasteiger partial charge in [0.2, 0.25) is 0 Å². The Labute approximate surface area is 79.5 Å². The van der Waals surface area contributed by atoms with E-state index in [1.807, 2.05) is 0 Å². The molecule has 0 atom stereocenters. The van der Waals surface area contributed by atoms with Crippen molar-refractivity contribution in [3.05, 3.63) is 11.9 Å². The fraction of sp³-hybridized carbons (Fsp3) is 0.500. The molecule has 0 aromatic rings. The molecule has 0 aromatic heterocycles. The summed E-state index contributed by atoms with van der Waals surface area (Å²) < 4.78 is 0. The summed E-state index contributed by atoms with van der Waals surface area (Å²) in [6.45, 7) is 2.84. The molecule has 0 aromatic carbocycles. The predicted molar refractivity (Wildman–Crippen MR) is 57.0 cm³/mol. The van der Waals surface area contributed by atoms with Gasteiger partial charge >= 0.3 is 0 Å². The second-order valence-corrected chi connectivity index (χ2v) is 2.06. The summed E-state index contributed by atoms with van der Waals surface area (Å²) in [4.78, 5) is 3.78. The van der Waals surface area contributed by atoms with E-state index in [1.54, 1.807) is 6.20 Å². The Morgan fingerprint density at radius 2 is 2.17 bits per heavy atom. The third-order valence-electron chi connectivity index (χ3n) is 1.29. The number of hydrogen-bond acceptors (Lipinski definition) is 4. The molecular weight excluding hydrogens is 174 g/mol. The number of nitrogens with one attached hydrogen (secondary N) is 2. The van der Waals surface area contributed by atoms with Gasteiger partial charge in [-0.05, 0) is 0 Å². The first-order valence-corrected chi connectivity index (χ1v) is 3.30. The SMILES string of the molecule is N.NC=N/C=C1/CNCCN1.S. The molecule has 1 fully saturated rings. The summed E-state index contributed by atoms with van der Waals surface area (Å²) in [5.74, 6) is 0. The van der Waals surface area contributed by atoms with Gasteiger partial charge in [-0.15, -0.1) is 0 Å². The average Bonchev–Trinajstić information content (AvgIpc) is 2.03. The van der Waals surface area contributed by atoms with Gasteiger partial charge in [0.15, 0.2) is 0 Å². The quantitative estimate of drug-likeness (QED) is 0.325. The Morgan fingerprint density at radius 3 is 2.67 bits per heavy atom. The molecule has 0 saturated carbocycles. The molecule has 1 rings (SSSR count). The second kappa shape index (κ2) is 8.38. The summed E-state index contributed by atoms with van der Waals surface area (Å²) >= 11 is 0. The molecule has 0 spiro atoms. The Hall–Kier alpha value is -0.720. The van der Waals surface area contributed by atoms with Crippen LogP contribution in [0, 0.1) is 0 Å². The van der Waals surface area contributed by atoms with Crippen LogP contribution in [0.4, 0.5) is 0 Å². The lowest BCUT2D eigenvalue weighted by Gasteiger charge is -2.16. The molecule has 0 bridgehead atoms. The molecular formula is C6H17N5S. The number of piperazine rings is 1. The normalized spacial score (nSPS) is 19.5. The molecule has 1 heterocycles. The van der Waals surface area contributed by atoms with E-state index >= 15 is 0 Å². The lowest BCUT2D eigenvalue weighted by molar-refractivity contribution is 0.597. The van der Waals surface area contributed by atoms with Gasteiger partial charge in [-0.3, -0.25) is 0 Å². The highest BCUT2D eigenvalue weighted by Crippen LogP contribution is 1.89. The molecule has 12 heavy (non-hydrogen) atoms. The third kappa shape index (κ3) is 5.00. The molecule has 0 amide bonds. The van der Waals surface area contributed by atoms with Gasteiger partial charge in [-0.25, -0.2) is 4.99 Å². The number of nitrogens with zero attached hydrogens (tertiary/aromatic N) is 1. The zero-order valence-electron chi connectivity index (χ0n) is 7.01. The van der Waals surface area contributed by atoms with Crippen LogP contribution < -0.4 is 22.5 Å². The zero-order chi connectivity index (χ0) is 7.23. The van der Waals surface area contributed by atoms with E-state index in [1.165, 1.54) is 6.34 Å². The Morgan fingerprint density at radius 1 is 1.42 bits per heavy atom. The van der Waals surface area contributed by atoms with Crippen LogP contribution in [0.2, 0.25) is 0 Å². The van der Waals surface area contributed by atoms with E-state index in [0.29, 0.717) is 0 Å². The highest BCUT2D eigenvalue weighted by Gasteiger charge is 2.00. The summed E-state index contributed by atoms with van der Waals surface area (Å²) in [6.07, 6.45) is 3.01. The Balaban J connectivity index is 0. The van der Waals surface area contributed by atoms with Crippen LogP contribution in [-0.2, 0) is 0 Å². The first-order chi connectivity index (χ1) is 4.93. The molecule has 72 valence electrons. The lowest BCUT2D eigenvalue weighted by atomic mass is 10.3. The summed E-state index contributed by atoms with van der Waals surface area (Å²) in [5.41, 5.74) is 6.15. The molecule has 7 N–H and O–H groups in total. The minimum Gasteiger partial charge on any atom is -0.390 e. The van der Waals surface area contributed by atoms with E-state index < -0.39 is 0 Å². The number of nitrogens with two attached hydrogens (primary N) is 1. The van der Waals surface area contributed by atoms with E-state index in [0.717, 1.165) is 25.3 Å². The topological polar surface area (TPSA) is 97.4 Å². The van der Waals surface area contributed by atoms with Crippen molar-refractivity contribution in [2.75, 3.05) is 19.6 Å². The molecule has 0 radical (unpaired) electrons. The van der Waals surface area contributed by atoms with Crippen LogP contribution in [0.25, 0.3) is 0 Å². The maximum absolute atomic E-state index is 5.06. The zero-order valence-corrected chi connectivity index (χ0v) is 8.01. The number of aliphatic imine (C=N–C) groups is 1. The largest absolute Gasteiger partial charge is 0.390 e. The fourth-order valence-electron chi connectivity index (χ4n) is 0.821. The lowest BCUT2D eigenvalue weighted by Crippen LogP contribution is -2.37. The first kappa shape index (κ1) is 13.8. The van der Waals surface area contributed by atoms with Crippen molar-refractivity contribution in [2.24, 2.45) is 10.7 Å². The van der Waals surface area contributed by atoms with Crippen molar-refractivity contribution >= 4 is 19.8 Å². The monoisotopic (exact) mass is 191 g/mol. The summed E-state index contributed by atoms with van der Waals surface area (Å²) in [5, 5.41) is 6.38. The van der Waals surface area contributed by atoms with E-state index in [-0.39, 0.29) is 19.6 Å². The third-order valence-corrected chi connectivity index (χ3v) is 1.29. The van der Waals surface area contributed by atoms with Crippen LogP contribution >= 0.6 is 13.5 Å². The molecule has 6 heteroatoms. The van der Waals surface area contributed by atoms with Gasteiger partial charge in [0.1, 0.15) is 0 Å². The van der Waals surface area contributed by atoms with Gasteiger partial charge in [0, 0.05) is 31.5 Å². The van der Waals surface area contributed by atoms with Crippen molar-refractivity contribution in [3.63, 3.8) is 0 Å². The molecule has 0 aliphatic carbocycles. The van der Waals surface area contributed by atoms with Crippen LogP contribution in [0.15, 0.2) is 16.9 Å². The highest BCUT2D eigenvalue weighted by molar-refractivity contribution is 7.59. The van der Waals surface area contributed by atoms with Crippen molar-refractivity contribution in [1.82, 2.24) is 16.8 Å². The Kier molecular flexibility index (Phi) is 9.66. The standard InChI is InChI=1S/C6H12N4.H3N.H2S/c7-5-9-4-6-3-8-1-2-10-6;;/h4-5,8,10H,1-3H2,(H2,7,9);1H3;1H2/b6-4-;;. The number of hydrogen-bond donors (Lipinski definition) is 4. The van der Waals surface area contributed by atoms with E-state index in [2.05, 4.69) is 15.6 Å². The predicted octanol–water partition coefficient (Wildman–Crippen LogP) is -0.718. The maximum Gasteiger partial charge on any atom is 0.0853 e. The smallest absolute Gasteiger partial charge is 0.0853 e. The first-order valence-electron chi connectivity index (χ1n) is 3.30. The van der Waals surface area contributed by atoms with Gasteiger partial charge < -0.3 is 22.5 Å². The van der Waals surface area contributed by atoms with Crippen LogP contribution in [0.1, 0.15) is 0 Å². The molecule has 1 saturated heterocycles. The van der Waals surface area contributed by atoms with Gasteiger partial charge in [0.05, 0.1) is 6.34 Å². The van der Waals surface area contributed by atoms with Crippen molar-refractivity contribution in [3.8, 4) is 0 Å². The average molecular weight is 191 g/mol. The second-order valence-electron chi connectivity index (χ2n) is 2.06. The maximum atomic E-state index is 5.06. The molecule has 0 unspecified atom stereocenters. The van der Waals surface area contributed by atoms with Crippen molar-refractivity contribution < 1.29 is 0 Å². The van der Waals surface area contributed by atoms with Gasteiger partial charge in [-0.2, -0.15) is 13.5 Å². The van der Waals surface area contributed by atoms with Crippen molar-refractivity contribution in [1.29, 1.82) is 0 Å². The number of rotatable bonds is 1. The minimum absolute atomic E-state index is 0. The highest BCUT2D eigenvalue weighted by atomic mass is 32.1. The van der Waals surface area contributed by atoms with Crippen LogP contribution in [0.5, 0.6) is 0 Å². The molecule has 1 aliphatic heterocycles. The minimum atomic E-state index is 0. The Bertz CT molecular complexity index is 148. The fourth-order valence-corrected chi connectivity index (χ4v) is 0.821. The van der Waals surface area contributed by atoms with E-state index in [4.69, 9.17) is 5.73 Å². The van der Waals surface area contributed by atoms with Crippen LogP contribution in [0.3, 0.4) is 0 Å². The van der Waals surface area contributed by atoms with E-state index in [9.17, 15) is 0 Å². The molecule has 5 nitrogen and oxygen atoms in total.